The number of hydrogen-bond acceptors (Lipinski definition) is 2. The van der Waals surface area contributed by atoms with Crippen molar-refractivity contribution in [2.24, 2.45) is 5.92 Å². The van der Waals surface area contributed by atoms with E-state index in [1.807, 2.05) is 0 Å². The Labute approximate surface area is 136 Å². The van der Waals surface area contributed by atoms with E-state index >= 15 is 0 Å². The third kappa shape index (κ3) is 3.38. The molecule has 2 aliphatic rings. The van der Waals surface area contributed by atoms with Crippen LogP contribution in [0.5, 0.6) is 0 Å². The summed E-state index contributed by atoms with van der Waals surface area (Å²) in [4.78, 5) is 28.0. The van der Waals surface area contributed by atoms with Gasteiger partial charge in [-0.05, 0) is 43.4 Å². The van der Waals surface area contributed by atoms with Crippen molar-refractivity contribution in [2.45, 2.75) is 39.0 Å². The van der Waals surface area contributed by atoms with Crippen molar-refractivity contribution in [1.82, 2.24) is 4.90 Å². The Bertz CT molecular complexity index is 617. The van der Waals surface area contributed by atoms with Crippen molar-refractivity contribution in [3.8, 4) is 0 Å². The molecule has 1 atom stereocenters. The van der Waals surface area contributed by atoms with Gasteiger partial charge in [0, 0.05) is 31.7 Å². The zero-order valence-corrected chi connectivity index (χ0v) is 13.6. The summed E-state index contributed by atoms with van der Waals surface area (Å²) in [6.07, 6.45) is 4.50. The van der Waals surface area contributed by atoms with Crippen molar-refractivity contribution >= 4 is 17.5 Å². The van der Waals surface area contributed by atoms with Gasteiger partial charge in [0.25, 0.3) is 5.91 Å². The standard InChI is InChI=1S/C18H23FN2O2/c1-13-5-2-3-9-20(12-13)18(23)15-11-14(7-8-16(15)19)21-10-4-6-17(21)22/h7-8,11,13H,2-6,9-10,12H2,1H3. The van der Waals surface area contributed by atoms with E-state index in [0.29, 0.717) is 37.7 Å². The number of amides is 2. The number of benzene rings is 1. The normalized spacial score (nSPS) is 22.3. The van der Waals surface area contributed by atoms with E-state index in [2.05, 4.69) is 6.92 Å². The summed E-state index contributed by atoms with van der Waals surface area (Å²) in [6, 6.07) is 4.42. The number of likely N-dealkylation sites (tertiary alicyclic amines) is 1. The maximum atomic E-state index is 14.2. The first-order valence-electron chi connectivity index (χ1n) is 8.45. The molecule has 2 amide bonds. The molecule has 124 valence electrons. The summed E-state index contributed by atoms with van der Waals surface area (Å²) < 4.78 is 14.2. The van der Waals surface area contributed by atoms with Crippen molar-refractivity contribution in [3.63, 3.8) is 0 Å². The van der Waals surface area contributed by atoms with Crippen LogP contribution in [0.25, 0.3) is 0 Å². The van der Waals surface area contributed by atoms with Crippen LogP contribution < -0.4 is 4.90 Å². The lowest BCUT2D eigenvalue weighted by molar-refractivity contribution is -0.117. The molecular weight excluding hydrogens is 295 g/mol. The second kappa shape index (κ2) is 6.69. The quantitative estimate of drug-likeness (QED) is 0.840. The van der Waals surface area contributed by atoms with Crippen molar-refractivity contribution in [2.75, 3.05) is 24.5 Å². The molecule has 2 heterocycles. The zero-order chi connectivity index (χ0) is 16.4. The lowest BCUT2D eigenvalue weighted by Crippen LogP contribution is -2.35. The molecule has 2 aliphatic heterocycles. The minimum Gasteiger partial charge on any atom is -0.338 e. The summed E-state index contributed by atoms with van der Waals surface area (Å²) >= 11 is 0. The lowest BCUT2D eigenvalue weighted by atomic mass is 10.1. The van der Waals surface area contributed by atoms with Gasteiger partial charge in [-0.1, -0.05) is 13.3 Å². The Morgan fingerprint density at radius 3 is 2.78 bits per heavy atom. The Hall–Kier alpha value is -1.91. The molecule has 0 aliphatic carbocycles. The maximum Gasteiger partial charge on any atom is 0.256 e. The number of rotatable bonds is 2. The molecule has 4 nitrogen and oxygen atoms in total. The van der Waals surface area contributed by atoms with Gasteiger partial charge in [-0.2, -0.15) is 0 Å². The van der Waals surface area contributed by atoms with Crippen LogP contribution in [0.2, 0.25) is 0 Å². The van der Waals surface area contributed by atoms with E-state index in [1.54, 1.807) is 15.9 Å². The van der Waals surface area contributed by atoms with Crippen LogP contribution in [0.15, 0.2) is 18.2 Å². The van der Waals surface area contributed by atoms with E-state index in [9.17, 15) is 14.0 Å². The number of carbonyl (C=O) groups excluding carboxylic acids is 2. The van der Waals surface area contributed by atoms with E-state index in [1.165, 1.54) is 12.1 Å². The summed E-state index contributed by atoms with van der Waals surface area (Å²) in [5.74, 6) is -0.293. The Kier molecular flexibility index (Phi) is 4.64. The molecule has 0 bridgehead atoms. The molecule has 0 radical (unpaired) electrons. The number of hydrogen-bond donors (Lipinski definition) is 0. The first-order chi connectivity index (χ1) is 11.1. The smallest absolute Gasteiger partial charge is 0.256 e. The van der Waals surface area contributed by atoms with Crippen LogP contribution >= 0.6 is 0 Å². The highest BCUT2D eigenvalue weighted by Crippen LogP contribution is 2.25. The predicted molar refractivity (Wildman–Crippen MR) is 86.9 cm³/mol. The highest BCUT2D eigenvalue weighted by atomic mass is 19.1. The largest absolute Gasteiger partial charge is 0.338 e. The molecule has 2 saturated heterocycles. The Morgan fingerprint density at radius 2 is 2.04 bits per heavy atom. The highest BCUT2D eigenvalue weighted by molar-refractivity contribution is 5.99. The summed E-state index contributed by atoms with van der Waals surface area (Å²) in [7, 11) is 0. The fraction of sp³-hybridized carbons (Fsp3) is 0.556. The second-order valence-electron chi connectivity index (χ2n) is 6.67. The monoisotopic (exact) mass is 318 g/mol. The van der Waals surface area contributed by atoms with Crippen LogP contribution in [0, 0.1) is 11.7 Å². The summed E-state index contributed by atoms with van der Waals surface area (Å²) in [5, 5.41) is 0. The van der Waals surface area contributed by atoms with Crippen molar-refractivity contribution in [3.05, 3.63) is 29.6 Å². The lowest BCUT2D eigenvalue weighted by Gasteiger charge is -2.24. The van der Waals surface area contributed by atoms with Gasteiger partial charge in [-0.25, -0.2) is 4.39 Å². The van der Waals surface area contributed by atoms with Crippen molar-refractivity contribution < 1.29 is 14.0 Å². The molecule has 2 fully saturated rings. The van der Waals surface area contributed by atoms with Crippen molar-refractivity contribution in [1.29, 1.82) is 0 Å². The molecular formula is C18H23FN2O2. The van der Waals surface area contributed by atoms with Crippen LogP contribution in [0.1, 0.15) is 49.4 Å². The number of anilines is 1. The van der Waals surface area contributed by atoms with Gasteiger partial charge in [-0.3, -0.25) is 9.59 Å². The summed E-state index contributed by atoms with van der Waals surface area (Å²) in [5.41, 5.74) is 0.705. The van der Waals surface area contributed by atoms with E-state index in [4.69, 9.17) is 0 Å². The minimum atomic E-state index is -0.512. The molecule has 0 saturated carbocycles. The first-order valence-corrected chi connectivity index (χ1v) is 8.45. The minimum absolute atomic E-state index is 0.0402. The average molecular weight is 318 g/mol. The molecule has 1 aromatic carbocycles. The second-order valence-corrected chi connectivity index (χ2v) is 6.67. The van der Waals surface area contributed by atoms with E-state index < -0.39 is 5.82 Å². The molecule has 0 aromatic heterocycles. The first kappa shape index (κ1) is 16.0. The van der Waals surface area contributed by atoms with E-state index in [0.717, 1.165) is 25.7 Å². The van der Waals surface area contributed by atoms with Crippen LogP contribution in [-0.2, 0) is 4.79 Å². The van der Waals surface area contributed by atoms with Crippen LogP contribution in [0.4, 0.5) is 10.1 Å². The molecule has 0 N–H and O–H groups in total. The zero-order valence-electron chi connectivity index (χ0n) is 13.6. The Balaban J connectivity index is 1.86. The van der Waals surface area contributed by atoms with Gasteiger partial charge in [0.05, 0.1) is 5.56 Å². The number of carbonyl (C=O) groups is 2. The van der Waals surface area contributed by atoms with E-state index in [-0.39, 0.29) is 17.4 Å². The third-order valence-electron chi connectivity index (χ3n) is 4.76. The molecule has 23 heavy (non-hydrogen) atoms. The predicted octanol–water partition coefficient (Wildman–Crippen LogP) is 3.21. The van der Waals surface area contributed by atoms with Gasteiger partial charge in [0.1, 0.15) is 5.82 Å². The molecule has 0 spiro atoms. The van der Waals surface area contributed by atoms with Gasteiger partial charge >= 0.3 is 0 Å². The number of nitrogens with zero attached hydrogens (tertiary/aromatic N) is 2. The molecule has 5 heteroatoms. The van der Waals surface area contributed by atoms with Crippen LogP contribution in [-0.4, -0.2) is 36.3 Å². The summed E-state index contributed by atoms with van der Waals surface area (Å²) in [6.45, 7) is 4.11. The van der Waals surface area contributed by atoms with Gasteiger partial charge in [0.15, 0.2) is 0 Å². The van der Waals surface area contributed by atoms with Crippen LogP contribution in [0.3, 0.4) is 0 Å². The highest BCUT2D eigenvalue weighted by Gasteiger charge is 2.26. The maximum absolute atomic E-state index is 14.2. The topological polar surface area (TPSA) is 40.6 Å². The van der Waals surface area contributed by atoms with Gasteiger partial charge < -0.3 is 9.80 Å². The molecule has 3 rings (SSSR count). The molecule has 1 aromatic rings. The SMILES string of the molecule is CC1CCCCN(C(=O)c2cc(N3CCCC3=O)ccc2F)C1. The third-order valence-corrected chi connectivity index (χ3v) is 4.76. The Morgan fingerprint density at radius 1 is 1.22 bits per heavy atom. The fourth-order valence-corrected chi connectivity index (χ4v) is 3.48. The fourth-order valence-electron chi connectivity index (χ4n) is 3.48. The number of halogens is 1. The van der Waals surface area contributed by atoms with Gasteiger partial charge in [-0.15, -0.1) is 0 Å². The average Bonchev–Trinajstić information content (AvgIpc) is 2.84. The van der Waals surface area contributed by atoms with Gasteiger partial charge in [0.2, 0.25) is 5.91 Å². The molecule has 1 unspecified atom stereocenters.